The highest BCUT2D eigenvalue weighted by atomic mass is 35.5. The summed E-state index contributed by atoms with van der Waals surface area (Å²) in [5.41, 5.74) is 3.21. The van der Waals surface area contributed by atoms with Gasteiger partial charge in [-0.05, 0) is 48.3 Å². The number of benzene rings is 1. The largest absolute Gasteiger partial charge is 0.452 e. The number of esters is 1. The second-order valence-electron chi connectivity index (χ2n) is 9.34. The smallest absolute Gasteiger partial charge is 0.339 e. The van der Waals surface area contributed by atoms with Gasteiger partial charge in [0.15, 0.2) is 12.4 Å². The van der Waals surface area contributed by atoms with Crippen molar-refractivity contribution in [1.82, 2.24) is 9.97 Å². The highest BCUT2D eigenvalue weighted by molar-refractivity contribution is 6.36. The fraction of sp³-hybridized carbons (Fsp3) is 0.360. The number of nitrogens with zero attached hydrogens (tertiary/aromatic N) is 2. The number of para-hydroxylation sites is 1. The van der Waals surface area contributed by atoms with Crippen LogP contribution in [0.3, 0.4) is 0 Å². The van der Waals surface area contributed by atoms with Crippen molar-refractivity contribution in [3.05, 3.63) is 63.4 Å². The summed E-state index contributed by atoms with van der Waals surface area (Å²) in [6.45, 7) is 6.19. The molecule has 0 fully saturated rings. The van der Waals surface area contributed by atoms with E-state index in [1.165, 1.54) is 12.3 Å². The van der Waals surface area contributed by atoms with E-state index in [9.17, 15) is 9.59 Å². The lowest BCUT2D eigenvalue weighted by Gasteiger charge is -2.35. The number of amides is 1. The van der Waals surface area contributed by atoms with Gasteiger partial charge in [0.05, 0.1) is 21.1 Å². The van der Waals surface area contributed by atoms with E-state index in [1.807, 2.05) is 24.3 Å². The van der Waals surface area contributed by atoms with Crippen molar-refractivity contribution < 1.29 is 14.3 Å². The van der Waals surface area contributed by atoms with E-state index in [4.69, 9.17) is 32.9 Å². The van der Waals surface area contributed by atoms with Gasteiger partial charge in [-0.3, -0.25) is 9.78 Å². The zero-order valence-electron chi connectivity index (χ0n) is 18.7. The van der Waals surface area contributed by atoms with Crippen LogP contribution in [0.25, 0.3) is 10.9 Å². The molecule has 1 aromatic carbocycles. The molecule has 0 aliphatic heterocycles. The first-order chi connectivity index (χ1) is 15.6. The summed E-state index contributed by atoms with van der Waals surface area (Å²) in [6, 6.07) is 9.01. The Morgan fingerprint density at radius 2 is 1.97 bits per heavy atom. The zero-order valence-corrected chi connectivity index (χ0v) is 20.3. The maximum atomic E-state index is 13.3. The molecule has 2 heterocycles. The van der Waals surface area contributed by atoms with Crippen molar-refractivity contribution in [1.29, 1.82) is 0 Å². The van der Waals surface area contributed by atoms with Gasteiger partial charge in [0.2, 0.25) is 0 Å². The van der Waals surface area contributed by atoms with Gasteiger partial charge in [-0.25, -0.2) is 9.78 Å². The molecule has 0 saturated carbocycles. The molecule has 1 aliphatic carbocycles. The highest BCUT2D eigenvalue weighted by Gasteiger charge is 2.33. The Kier molecular flexibility index (Phi) is 6.59. The number of hydrogen-bond acceptors (Lipinski definition) is 5. The van der Waals surface area contributed by atoms with E-state index in [2.05, 4.69) is 31.1 Å². The third-order valence-electron chi connectivity index (χ3n) is 6.09. The SMILES string of the molecule is CC(C)(C)[C@H]1CCc2nc3ccccc3c(C(=O)OCC(=O)Nc3ncc(Cl)cc3Cl)c2C1. The topological polar surface area (TPSA) is 81.2 Å². The molecule has 4 rings (SSSR count). The standard InChI is InChI=1S/C25H25Cl2N3O3/c1-25(2,3)14-8-9-20-17(10-14)22(16-6-4-5-7-19(16)29-20)24(32)33-13-21(31)30-23-18(27)11-15(26)12-28-23/h4-7,11-12,14H,8-10,13H2,1-3H3,(H,28,30,31)/t14-/m0/s1. The first-order valence-corrected chi connectivity index (χ1v) is 11.6. The molecule has 6 nitrogen and oxygen atoms in total. The Bertz CT molecular complexity index is 1240. The molecule has 8 heteroatoms. The van der Waals surface area contributed by atoms with Crippen LogP contribution in [0.2, 0.25) is 10.0 Å². The molecule has 1 N–H and O–H groups in total. The lowest BCUT2D eigenvalue weighted by molar-refractivity contribution is -0.119. The van der Waals surface area contributed by atoms with Gasteiger partial charge in [-0.15, -0.1) is 0 Å². The van der Waals surface area contributed by atoms with Crippen LogP contribution in [0, 0.1) is 11.3 Å². The lowest BCUT2D eigenvalue weighted by Crippen LogP contribution is -2.29. The van der Waals surface area contributed by atoms with Crippen LogP contribution in [0.1, 0.15) is 48.8 Å². The number of halogens is 2. The Balaban J connectivity index is 1.59. The number of fused-ring (bicyclic) bond motifs is 2. The Labute approximate surface area is 202 Å². The number of aromatic nitrogens is 2. The number of rotatable bonds is 4. The summed E-state index contributed by atoms with van der Waals surface area (Å²) >= 11 is 11.9. The number of carbonyl (C=O) groups is 2. The molecule has 1 atom stereocenters. The molecule has 3 aromatic rings. The minimum atomic E-state index is -0.542. The number of nitrogens with one attached hydrogen (secondary N) is 1. The average Bonchev–Trinajstić information content (AvgIpc) is 2.76. The van der Waals surface area contributed by atoms with Gasteiger partial charge in [0, 0.05) is 17.3 Å². The van der Waals surface area contributed by atoms with E-state index in [0.29, 0.717) is 16.5 Å². The number of ether oxygens (including phenoxy) is 1. The monoisotopic (exact) mass is 485 g/mol. The van der Waals surface area contributed by atoms with Crippen LogP contribution < -0.4 is 5.32 Å². The van der Waals surface area contributed by atoms with Gasteiger partial charge >= 0.3 is 5.97 Å². The maximum Gasteiger partial charge on any atom is 0.339 e. The van der Waals surface area contributed by atoms with Crippen LogP contribution in [0.5, 0.6) is 0 Å². The van der Waals surface area contributed by atoms with Crippen molar-refractivity contribution in [2.45, 2.75) is 40.0 Å². The zero-order chi connectivity index (χ0) is 23.8. The van der Waals surface area contributed by atoms with Crippen molar-refractivity contribution in [3.63, 3.8) is 0 Å². The summed E-state index contributed by atoms with van der Waals surface area (Å²) in [4.78, 5) is 34.5. The van der Waals surface area contributed by atoms with Gasteiger partial charge < -0.3 is 10.1 Å². The number of carbonyl (C=O) groups excluding carboxylic acids is 2. The van der Waals surface area contributed by atoms with E-state index < -0.39 is 18.5 Å². The van der Waals surface area contributed by atoms with E-state index in [-0.39, 0.29) is 16.3 Å². The molecular formula is C25H25Cl2N3O3. The number of anilines is 1. The molecule has 2 aromatic heterocycles. The molecule has 33 heavy (non-hydrogen) atoms. The lowest BCUT2D eigenvalue weighted by atomic mass is 9.70. The fourth-order valence-corrected chi connectivity index (χ4v) is 4.67. The summed E-state index contributed by atoms with van der Waals surface area (Å²) < 4.78 is 5.45. The third kappa shape index (κ3) is 5.12. The number of aryl methyl sites for hydroxylation is 1. The Morgan fingerprint density at radius 3 is 2.70 bits per heavy atom. The first-order valence-electron chi connectivity index (χ1n) is 10.8. The van der Waals surface area contributed by atoms with Gasteiger partial charge in [-0.2, -0.15) is 0 Å². The summed E-state index contributed by atoms with van der Waals surface area (Å²) in [6.07, 6.45) is 3.95. The summed E-state index contributed by atoms with van der Waals surface area (Å²) in [5, 5.41) is 3.83. The quantitative estimate of drug-likeness (QED) is 0.466. The average molecular weight is 486 g/mol. The molecule has 0 bridgehead atoms. The summed E-state index contributed by atoms with van der Waals surface area (Å²) in [7, 11) is 0. The molecule has 1 aliphatic rings. The predicted octanol–water partition coefficient (Wildman–Crippen LogP) is 5.88. The van der Waals surface area contributed by atoms with E-state index in [1.54, 1.807) is 0 Å². The number of hydrogen-bond donors (Lipinski definition) is 1. The second-order valence-corrected chi connectivity index (χ2v) is 10.2. The molecule has 1 amide bonds. The van der Waals surface area contributed by atoms with E-state index in [0.717, 1.165) is 41.4 Å². The van der Waals surface area contributed by atoms with Crippen LogP contribution in [-0.4, -0.2) is 28.5 Å². The van der Waals surface area contributed by atoms with E-state index >= 15 is 0 Å². The number of pyridine rings is 2. The Morgan fingerprint density at radius 1 is 1.21 bits per heavy atom. The molecule has 0 radical (unpaired) electrons. The minimum absolute atomic E-state index is 0.106. The highest BCUT2D eigenvalue weighted by Crippen LogP contribution is 2.39. The predicted molar refractivity (Wildman–Crippen MR) is 130 cm³/mol. The molecular weight excluding hydrogens is 461 g/mol. The van der Waals surface area contributed by atoms with Gasteiger partial charge in [-0.1, -0.05) is 62.2 Å². The van der Waals surface area contributed by atoms with Crippen molar-refractivity contribution in [3.8, 4) is 0 Å². The Hall–Kier alpha value is -2.70. The molecule has 172 valence electrons. The van der Waals surface area contributed by atoms with Crippen molar-refractivity contribution >= 4 is 51.8 Å². The first kappa shape index (κ1) is 23.5. The molecule has 0 spiro atoms. The van der Waals surface area contributed by atoms with Crippen LogP contribution >= 0.6 is 23.2 Å². The van der Waals surface area contributed by atoms with Gasteiger partial charge in [0.25, 0.3) is 5.91 Å². The van der Waals surface area contributed by atoms with Gasteiger partial charge in [0.1, 0.15) is 0 Å². The van der Waals surface area contributed by atoms with Crippen LogP contribution in [-0.2, 0) is 22.4 Å². The maximum absolute atomic E-state index is 13.3. The molecule has 0 unspecified atom stereocenters. The van der Waals surface area contributed by atoms with Crippen LogP contribution in [0.4, 0.5) is 5.82 Å². The normalized spacial score (nSPS) is 15.7. The van der Waals surface area contributed by atoms with Crippen molar-refractivity contribution in [2.24, 2.45) is 11.3 Å². The molecule has 0 saturated heterocycles. The fourth-order valence-electron chi connectivity index (χ4n) is 4.24. The van der Waals surface area contributed by atoms with Crippen LogP contribution in [0.15, 0.2) is 36.5 Å². The van der Waals surface area contributed by atoms with Crippen molar-refractivity contribution in [2.75, 3.05) is 11.9 Å². The summed E-state index contributed by atoms with van der Waals surface area (Å²) in [5.74, 6) is -0.507. The third-order valence-corrected chi connectivity index (χ3v) is 6.58. The minimum Gasteiger partial charge on any atom is -0.452 e. The second kappa shape index (κ2) is 9.27.